The Kier molecular flexibility index (Phi) is 1.91. The molecule has 0 saturated heterocycles. The van der Waals surface area contributed by atoms with Crippen molar-refractivity contribution in [3.8, 4) is 0 Å². The predicted octanol–water partition coefficient (Wildman–Crippen LogP) is 1.25. The third-order valence-electron chi connectivity index (χ3n) is 1.63. The van der Waals surface area contributed by atoms with Gasteiger partial charge in [-0.15, -0.1) is 0 Å². The fourth-order valence-corrected chi connectivity index (χ4v) is 1.81. The zero-order valence-electron chi connectivity index (χ0n) is 6.40. The van der Waals surface area contributed by atoms with E-state index in [1.807, 2.05) is 18.2 Å². The van der Waals surface area contributed by atoms with Gasteiger partial charge in [0.25, 0.3) is 0 Å². The quantitative estimate of drug-likeness (QED) is 0.682. The standard InChI is InChI=1S/C8H9N3S/c9-8-11-10-7(12-8)6-4-2-1-3-5-6/h1-5,7,10H,(H2,9,11). The molecule has 0 aromatic heterocycles. The van der Waals surface area contributed by atoms with Gasteiger partial charge in [-0.05, 0) is 5.56 Å². The Bertz CT molecular complexity index is 296. The molecule has 0 radical (unpaired) electrons. The van der Waals surface area contributed by atoms with Crippen molar-refractivity contribution >= 4 is 16.9 Å². The summed E-state index contributed by atoms with van der Waals surface area (Å²) in [4.78, 5) is 0. The van der Waals surface area contributed by atoms with E-state index in [0.29, 0.717) is 5.17 Å². The summed E-state index contributed by atoms with van der Waals surface area (Å²) >= 11 is 1.54. The van der Waals surface area contributed by atoms with E-state index in [2.05, 4.69) is 22.7 Å². The number of hydrogen-bond acceptors (Lipinski definition) is 4. The van der Waals surface area contributed by atoms with Crippen molar-refractivity contribution in [3.05, 3.63) is 35.9 Å². The highest BCUT2D eigenvalue weighted by molar-refractivity contribution is 8.14. The first-order chi connectivity index (χ1) is 5.86. The Hall–Kier alpha value is -1.16. The molecule has 1 heterocycles. The van der Waals surface area contributed by atoms with Gasteiger partial charge in [0.05, 0.1) is 0 Å². The Balaban J connectivity index is 2.14. The maximum Gasteiger partial charge on any atom is 0.180 e. The molecule has 0 fully saturated rings. The Morgan fingerprint density at radius 3 is 2.67 bits per heavy atom. The van der Waals surface area contributed by atoms with Crippen molar-refractivity contribution in [2.45, 2.75) is 5.37 Å². The second-order valence-electron chi connectivity index (χ2n) is 2.49. The van der Waals surface area contributed by atoms with Crippen LogP contribution in [0.2, 0.25) is 0 Å². The van der Waals surface area contributed by atoms with E-state index >= 15 is 0 Å². The van der Waals surface area contributed by atoms with Crippen LogP contribution in [-0.2, 0) is 0 Å². The smallest absolute Gasteiger partial charge is 0.180 e. The van der Waals surface area contributed by atoms with E-state index in [1.54, 1.807) is 0 Å². The minimum atomic E-state index is 0.186. The summed E-state index contributed by atoms with van der Waals surface area (Å²) in [6, 6.07) is 10.1. The third-order valence-corrected chi connectivity index (χ3v) is 2.58. The summed E-state index contributed by atoms with van der Waals surface area (Å²) in [6.45, 7) is 0. The number of nitrogens with two attached hydrogens (primary N) is 1. The van der Waals surface area contributed by atoms with Gasteiger partial charge >= 0.3 is 0 Å². The van der Waals surface area contributed by atoms with Gasteiger partial charge in [0.1, 0.15) is 5.37 Å². The average Bonchev–Trinajstić information content (AvgIpc) is 2.54. The number of amidine groups is 1. The molecule has 12 heavy (non-hydrogen) atoms. The number of rotatable bonds is 1. The highest BCUT2D eigenvalue weighted by atomic mass is 32.2. The summed E-state index contributed by atoms with van der Waals surface area (Å²) in [5, 5.41) is 4.69. The van der Waals surface area contributed by atoms with E-state index in [-0.39, 0.29) is 5.37 Å². The molecule has 0 bridgehead atoms. The minimum absolute atomic E-state index is 0.186. The monoisotopic (exact) mass is 179 g/mol. The Morgan fingerprint density at radius 1 is 1.33 bits per heavy atom. The number of hydrogen-bond donors (Lipinski definition) is 2. The number of thioether (sulfide) groups is 1. The van der Waals surface area contributed by atoms with Crippen LogP contribution in [-0.4, -0.2) is 5.17 Å². The van der Waals surface area contributed by atoms with Crippen LogP contribution in [0.5, 0.6) is 0 Å². The van der Waals surface area contributed by atoms with Crippen LogP contribution in [0, 0.1) is 0 Å². The first-order valence-corrected chi connectivity index (χ1v) is 4.54. The van der Waals surface area contributed by atoms with E-state index in [1.165, 1.54) is 17.3 Å². The lowest BCUT2D eigenvalue weighted by Gasteiger charge is -2.07. The van der Waals surface area contributed by atoms with Gasteiger partial charge in [0, 0.05) is 0 Å². The topological polar surface area (TPSA) is 50.4 Å². The van der Waals surface area contributed by atoms with Gasteiger partial charge in [-0.25, -0.2) is 0 Å². The lowest BCUT2D eigenvalue weighted by atomic mass is 10.2. The lowest BCUT2D eigenvalue weighted by molar-refractivity contribution is 0.743. The molecule has 62 valence electrons. The van der Waals surface area contributed by atoms with E-state index in [9.17, 15) is 0 Å². The van der Waals surface area contributed by atoms with Gasteiger partial charge in [0.2, 0.25) is 0 Å². The average molecular weight is 179 g/mol. The number of nitrogens with one attached hydrogen (secondary N) is 1. The van der Waals surface area contributed by atoms with Gasteiger partial charge in [-0.2, -0.15) is 5.10 Å². The molecule has 0 spiro atoms. The molecule has 1 aliphatic rings. The molecule has 1 unspecified atom stereocenters. The van der Waals surface area contributed by atoms with E-state index in [0.717, 1.165) is 0 Å². The van der Waals surface area contributed by atoms with Crippen molar-refractivity contribution in [2.24, 2.45) is 10.8 Å². The summed E-state index contributed by atoms with van der Waals surface area (Å²) in [6.07, 6.45) is 0. The molecule has 3 nitrogen and oxygen atoms in total. The third kappa shape index (κ3) is 1.38. The predicted molar refractivity (Wildman–Crippen MR) is 51.5 cm³/mol. The molecule has 4 heteroatoms. The number of benzene rings is 1. The SMILES string of the molecule is NC1=NNC(c2ccccc2)S1. The van der Waals surface area contributed by atoms with Crippen molar-refractivity contribution in [1.29, 1.82) is 0 Å². The zero-order valence-corrected chi connectivity index (χ0v) is 7.21. The second kappa shape index (κ2) is 3.06. The molecule has 1 aromatic carbocycles. The lowest BCUT2D eigenvalue weighted by Crippen LogP contribution is -2.05. The molecular formula is C8H9N3S. The zero-order chi connectivity index (χ0) is 8.39. The van der Waals surface area contributed by atoms with Gasteiger partial charge in [0.15, 0.2) is 5.17 Å². The summed E-state index contributed by atoms with van der Waals surface area (Å²) in [5.41, 5.74) is 9.66. The molecule has 2 rings (SSSR count). The van der Waals surface area contributed by atoms with Crippen molar-refractivity contribution in [1.82, 2.24) is 5.43 Å². The van der Waals surface area contributed by atoms with Crippen LogP contribution in [0.15, 0.2) is 35.4 Å². The fraction of sp³-hybridized carbons (Fsp3) is 0.125. The highest BCUT2D eigenvalue weighted by Crippen LogP contribution is 2.29. The van der Waals surface area contributed by atoms with Gasteiger partial charge in [-0.3, -0.25) is 5.43 Å². The van der Waals surface area contributed by atoms with Crippen LogP contribution >= 0.6 is 11.8 Å². The van der Waals surface area contributed by atoms with E-state index in [4.69, 9.17) is 5.73 Å². The normalized spacial score (nSPS) is 21.7. The van der Waals surface area contributed by atoms with Crippen LogP contribution < -0.4 is 11.2 Å². The number of hydrazone groups is 1. The summed E-state index contributed by atoms with van der Waals surface area (Å²) in [5.74, 6) is 0. The maximum atomic E-state index is 5.51. The van der Waals surface area contributed by atoms with Gasteiger partial charge < -0.3 is 5.73 Å². The van der Waals surface area contributed by atoms with Gasteiger partial charge in [-0.1, -0.05) is 42.1 Å². The van der Waals surface area contributed by atoms with Crippen molar-refractivity contribution in [3.63, 3.8) is 0 Å². The molecule has 0 saturated carbocycles. The molecule has 3 N–H and O–H groups in total. The van der Waals surface area contributed by atoms with Crippen LogP contribution in [0.25, 0.3) is 0 Å². The van der Waals surface area contributed by atoms with Crippen molar-refractivity contribution in [2.75, 3.05) is 0 Å². The molecule has 0 amide bonds. The van der Waals surface area contributed by atoms with E-state index < -0.39 is 0 Å². The molecule has 1 atom stereocenters. The van der Waals surface area contributed by atoms with Crippen LogP contribution in [0.1, 0.15) is 10.9 Å². The van der Waals surface area contributed by atoms with Crippen molar-refractivity contribution < 1.29 is 0 Å². The number of nitrogens with zero attached hydrogens (tertiary/aromatic N) is 1. The minimum Gasteiger partial charge on any atom is -0.377 e. The molecule has 1 aromatic rings. The molecule has 0 aliphatic carbocycles. The fourth-order valence-electron chi connectivity index (χ4n) is 1.07. The second-order valence-corrected chi connectivity index (χ2v) is 3.61. The van der Waals surface area contributed by atoms with Crippen LogP contribution in [0.3, 0.4) is 0 Å². The summed E-state index contributed by atoms with van der Waals surface area (Å²) < 4.78 is 0. The molecular weight excluding hydrogens is 170 g/mol. The first-order valence-electron chi connectivity index (χ1n) is 3.66. The first kappa shape index (κ1) is 7.49. The summed E-state index contributed by atoms with van der Waals surface area (Å²) in [7, 11) is 0. The highest BCUT2D eigenvalue weighted by Gasteiger charge is 2.17. The Morgan fingerprint density at radius 2 is 2.08 bits per heavy atom. The van der Waals surface area contributed by atoms with Crippen LogP contribution in [0.4, 0.5) is 0 Å². The molecule has 1 aliphatic heterocycles. The Labute approximate surface area is 75.0 Å². The maximum absolute atomic E-state index is 5.51. The largest absolute Gasteiger partial charge is 0.377 e.